The van der Waals surface area contributed by atoms with Gasteiger partial charge < -0.3 is 5.11 Å². The van der Waals surface area contributed by atoms with Crippen LogP contribution in [-0.2, 0) is 0 Å². The Balaban J connectivity index is 1.95. The van der Waals surface area contributed by atoms with Gasteiger partial charge in [-0.2, -0.15) is 0 Å². The van der Waals surface area contributed by atoms with E-state index in [0.717, 1.165) is 31.2 Å². The Morgan fingerprint density at radius 3 is 2.71 bits per heavy atom. The minimum atomic E-state index is -0.906. The van der Waals surface area contributed by atoms with Crippen LogP contribution in [0.3, 0.4) is 0 Å². The topological polar surface area (TPSA) is 50.2 Å². The predicted octanol–water partition coefficient (Wildman–Crippen LogP) is 5.31. The number of aromatic carboxylic acids is 1. The highest BCUT2D eigenvalue weighted by molar-refractivity contribution is 9.10. The second-order valence-electron chi connectivity index (χ2n) is 4.51. The maximum atomic E-state index is 10.9. The maximum Gasteiger partial charge on any atom is 0.336 e. The van der Waals surface area contributed by atoms with Gasteiger partial charge in [-0.15, -0.1) is 22.7 Å². The van der Waals surface area contributed by atoms with E-state index in [0.29, 0.717) is 5.56 Å². The van der Waals surface area contributed by atoms with Gasteiger partial charge in [-0.05, 0) is 30.7 Å². The second kappa shape index (κ2) is 5.71. The zero-order valence-electron chi connectivity index (χ0n) is 11.0. The van der Waals surface area contributed by atoms with Gasteiger partial charge in [0.2, 0.25) is 0 Å². The minimum Gasteiger partial charge on any atom is -0.478 e. The summed E-state index contributed by atoms with van der Waals surface area (Å²) < 4.78 is 1.08. The Morgan fingerprint density at radius 2 is 2.05 bits per heavy atom. The largest absolute Gasteiger partial charge is 0.478 e. The van der Waals surface area contributed by atoms with Gasteiger partial charge in [0.1, 0.15) is 5.01 Å². The first kappa shape index (κ1) is 14.4. The fraction of sp³-hybridized carbons (Fsp3) is 0.0667. The first-order chi connectivity index (χ1) is 10.0. The highest BCUT2D eigenvalue weighted by Crippen LogP contribution is 2.33. The first-order valence-electron chi connectivity index (χ1n) is 6.09. The number of thiophene rings is 1. The predicted molar refractivity (Wildman–Crippen MR) is 90.3 cm³/mol. The summed E-state index contributed by atoms with van der Waals surface area (Å²) in [6.45, 7) is 2.04. The van der Waals surface area contributed by atoms with Gasteiger partial charge in [0.25, 0.3) is 0 Å². The summed E-state index contributed by atoms with van der Waals surface area (Å²) in [6.07, 6.45) is 0. The third-order valence-corrected chi connectivity index (χ3v) is 5.74. The lowest BCUT2D eigenvalue weighted by atomic mass is 10.1. The van der Waals surface area contributed by atoms with Gasteiger partial charge >= 0.3 is 5.97 Å². The first-order valence-corrected chi connectivity index (χ1v) is 8.64. The lowest BCUT2D eigenvalue weighted by Crippen LogP contribution is -1.91. The molecule has 3 nitrogen and oxygen atoms in total. The van der Waals surface area contributed by atoms with Crippen LogP contribution in [0.2, 0.25) is 0 Å². The number of hydrogen-bond acceptors (Lipinski definition) is 4. The van der Waals surface area contributed by atoms with Crippen molar-refractivity contribution in [2.75, 3.05) is 0 Å². The molecule has 2 aromatic heterocycles. The molecule has 106 valence electrons. The van der Waals surface area contributed by atoms with E-state index in [2.05, 4.69) is 27.0 Å². The molecule has 0 saturated heterocycles. The number of halogens is 1. The molecule has 0 atom stereocenters. The number of aromatic nitrogens is 1. The van der Waals surface area contributed by atoms with Gasteiger partial charge in [-0.1, -0.05) is 22.0 Å². The standard InChI is InChI=1S/C15H10BrNO2S2/c1-8-4-9(2-3-11(8)16)14-17-12(7-21-14)13-5-10(6-20-13)15(18)19/h2-7H,1H3,(H,18,19). The number of benzene rings is 1. The molecule has 0 aliphatic heterocycles. The SMILES string of the molecule is Cc1cc(-c2nc(-c3cc(C(=O)O)cs3)cs2)ccc1Br. The molecule has 1 N–H and O–H groups in total. The van der Waals surface area contributed by atoms with E-state index in [4.69, 9.17) is 5.11 Å². The van der Waals surface area contributed by atoms with E-state index >= 15 is 0 Å². The molecule has 6 heteroatoms. The van der Waals surface area contributed by atoms with Gasteiger partial charge in [0.05, 0.1) is 16.1 Å². The molecule has 21 heavy (non-hydrogen) atoms. The molecular formula is C15H10BrNO2S2. The Bertz CT molecular complexity index is 823. The summed E-state index contributed by atoms with van der Waals surface area (Å²) in [6, 6.07) is 7.79. The lowest BCUT2D eigenvalue weighted by molar-refractivity contribution is 0.0697. The highest BCUT2D eigenvalue weighted by atomic mass is 79.9. The van der Waals surface area contributed by atoms with Crippen molar-refractivity contribution in [1.29, 1.82) is 0 Å². The van der Waals surface area contributed by atoms with E-state index in [-0.39, 0.29) is 0 Å². The van der Waals surface area contributed by atoms with Crippen molar-refractivity contribution in [2.45, 2.75) is 6.92 Å². The van der Waals surface area contributed by atoms with Crippen LogP contribution in [0.5, 0.6) is 0 Å². The molecule has 2 heterocycles. The zero-order chi connectivity index (χ0) is 15.0. The smallest absolute Gasteiger partial charge is 0.336 e. The van der Waals surface area contributed by atoms with Crippen molar-refractivity contribution >= 4 is 44.6 Å². The van der Waals surface area contributed by atoms with Gasteiger partial charge in [-0.25, -0.2) is 9.78 Å². The molecule has 0 radical (unpaired) electrons. The van der Waals surface area contributed by atoms with E-state index < -0.39 is 5.97 Å². The Kier molecular flexibility index (Phi) is 3.93. The number of nitrogens with zero attached hydrogens (tertiary/aromatic N) is 1. The fourth-order valence-electron chi connectivity index (χ4n) is 1.88. The number of carbonyl (C=O) groups is 1. The third-order valence-electron chi connectivity index (χ3n) is 3.01. The van der Waals surface area contributed by atoms with Crippen LogP contribution >= 0.6 is 38.6 Å². The van der Waals surface area contributed by atoms with E-state index in [1.807, 2.05) is 24.4 Å². The molecule has 0 amide bonds. The molecule has 0 fully saturated rings. The van der Waals surface area contributed by atoms with Crippen molar-refractivity contribution in [1.82, 2.24) is 4.98 Å². The third kappa shape index (κ3) is 2.92. The highest BCUT2D eigenvalue weighted by Gasteiger charge is 2.12. The van der Waals surface area contributed by atoms with E-state index in [9.17, 15) is 4.79 Å². The zero-order valence-corrected chi connectivity index (χ0v) is 14.2. The lowest BCUT2D eigenvalue weighted by Gasteiger charge is -2.00. The molecule has 0 bridgehead atoms. The Hall–Kier alpha value is -1.50. The number of carboxylic acids is 1. The van der Waals surface area contributed by atoms with E-state index in [1.54, 1.807) is 22.8 Å². The molecule has 3 aromatic rings. The average molecular weight is 380 g/mol. The van der Waals surface area contributed by atoms with Crippen LogP contribution in [-0.4, -0.2) is 16.1 Å². The van der Waals surface area contributed by atoms with Crippen molar-refractivity contribution < 1.29 is 9.90 Å². The molecule has 0 unspecified atom stereocenters. The summed E-state index contributed by atoms with van der Waals surface area (Å²) in [4.78, 5) is 16.4. The van der Waals surface area contributed by atoms with Gasteiger partial charge in [0, 0.05) is 20.8 Å². The normalized spacial score (nSPS) is 10.8. The Labute approximate surface area is 138 Å². The minimum absolute atomic E-state index is 0.309. The summed E-state index contributed by atoms with van der Waals surface area (Å²) in [5.41, 5.74) is 3.37. The molecule has 0 saturated carbocycles. The number of carboxylic acid groups (broad SMARTS) is 1. The molecule has 1 aromatic carbocycles. The summed E-state index contributed by atoms with van der Waals surface area (Å²) in [5, 5.41) is 13.5. The van der Waals surface area contributed by atoms with Crippen molar-refractivity contribution in [2.24, 2.45) is 0 Å². The number of hydrogen-bond donors (Lipinski definition) is 1. The number of aryl methyl sites for hydroxylation is 1. The molecule has 3 rings (SSSR count). The van der Waals surface area contributed by atoms with Crippen LogP contribution < -0.4 is 0 Å². The van der Waals surface area contributed by atoms with Crippen LogP contribution in [0, 0.1) is 6.92 Å². The molecule has 0 aliphatic rings. The number of thiazole rings is 1. The summed E-state index contributed by atoms with van der Waals surface area (Å²) in [7, 11) is 0. The quantitative estimate of drug-likeness (QED) is 0.670. The fourth-order valence-corrected chi connectivity index (χ4v) is 3.86. The van der Waals surface area contributed by atoms with Crippen molar-refractivity contribution in [3.8, 4) is 21.1 Å². The van der Waals surface area contributed by atoms with Crippen molar-refractivity contribution in [3.05, 3.63) is 50.6 Å². The van der Waals surface area contributed by atoms with Crippen LogP contribution in [0.15, 0.2) is 39.5 Å². The summed E-state index contributed by atoms with van der Waals surface area (Å²) >= 11 is 6.45. The molecule has 0 spiro atoms. The van der Waals surface area contributed by atoms with Crippen LogP contribution in [0.4, 0.5) is 0 Å². The Morgan fingerprint density at radius 1 is 1.24 bits per heavy atom. The molecular weight excluding hydrogens is 370 g/mol. The molecule has 0 aliphatic carbocycles. The second-order valence-corrected chi connectivity index (χ2v) is 7.13. The maximum absolute atomic E-state index is 10.9. The van der Waals surface area contributed by atoms with Crippen LogP contribution in [0.1, 0.15) is 15.9 Å². The monoisotopic (exact) mass is 379 g/mol. The van der Waals surface area contributed by atoms with Crippen LogP contribution in [0.25, 0.3) is 21.1 Å². The average Bonchev–Trinajstić information content (AvgIpc) is 3.09. The van der Waals surface area contributed by atoms with Crippen molar-refractivity contribution in [3.63, 3.8) is 0 Å². The van der Waals surface area contributed by atoms with Gasteiger partial charge in [0.15, 0.2) is 0 Å². The summed E-state index contributed by atoms with van der Waals surface area (Å²) in [5.74, 6) is -0.906. The number of rotatable bonds is 3. The van der Waals surface area contributed by atoms with E-state index in [1.165, 1.54) is 11.3 Å². The van der Waals surface area contributed by atoms with Gasteiger partial charge in [-0.3, -0.25) is 0 Å².